The molecule has 3 rings (SSSR count). The highest BCUT2D eigenvalue weighted by atomic mass is 16.5. The van der Waals surface area contributed by atoms with Gasteiger partial charge >= 0.3 is 0 Å². The van der Waals surface area contributed by atoms with E-state index in [0.29, 0.717) is 18.2 Å². The summed E-state index contributed by atoms with van der Waals surface area (Å²) in [6, 6.07) is 15.8. The minimum absolute atomic E-state index is 0.000300. The Morgan fingerprint density at radius 1 is 0.893 bits per heavy atom. The van der Waals surface area contributed by atoms with E-state index in [0.717, 1.165) is 11.1 Å². The Bertz CT molecular complexity index is 717. The van der Waals surface area contributed by atoms with Crippen LogP contribution in [0.2, 0.25) is 0 Å². The van der Waals surface area contributed by atoms with Gasteiger partial charge in [-0.05, 0) is 47.6 Å². The van der Waals surface area contributed by atoms with Gasteiger partial charge in [0.2, 0.25) is 0 Å². The number of hydrogen-bond acceptors (Lipinski definition) is 3. The van der Waals surface area contributed by atoms with Gasteiger partial charge in [0.05, 0.1) is 6.61 Å². The highest BCUT2D eigenvalue weighted by molar-refractivity contribution is 5.77. The van der Waals surface area contributed by atoms with Crippen molar-refractivity contribution < 1.29 is 14.6 Å². The van der Waals surface area contributed by atoms with Crippen LogP contribution in [0.4, 0.5) is 0 Å². The molecule has 2 N–H and O–H groups in total. The molecular weight excluding hydrogens is 350 g/mol. The fourth-order valence-electron chi connectivity index (χ4n) is 3.79. The number of aliphatic hydroxyl groups is 1. The topological polar surface area (TPSA) is 58.6 Å². The molecule has 0 bridgehead atoms. The molecule has 1 amide bonds. The van der Waals surface area contributed by atoms with Crippen molar-refractivity contribution in [2.45, 2.75) is 64.0 Å². The van der Waals surface area contributed by atoms with E-state index in [2.05, 4.69) is 29.6 Å². The molecule has 2 aromatic carbocycles. The lowest BCUT2D eigenvalue weighted by Gasteiger charge is -2.20. The minimum Gasteiger partial charge on any atom is -0.484 e. The van der Waals surface area contributed by atoms with E-state index < -0.39 is 0 Å². The van der Waals surface area contributed by atoms with E-state index in [-0.39, 0.29) is 19.1 Å². The monoisotopic (exact) mass is 381 g/mol. The number of hydrogen-bond donors (Lipinski definition) is 2. The number of nitrogens with one attached hydrogen (secondary N) is 1. The average molecular weight is 382 g/mol. The van der Waals surface area contributed by atoms with Crippen LogP contribution in [-0.2, 0) is 17.9 Å². The molecule has 0 saturated heterocycles. The molecule has 1 aliphatic rings. The highest BCUT2D eigenvalue weighted by Gasteiger charge is 2.13. The fraction of sp³-hybridized carbons (Fsp3) is 0.458. The second kappa shape index (κ2) is 10.9. The Labute approximate surface area is 167 Å². The van der Waals surface area contributed by atoms with Crippen LogP contribution in [0.25, 0.3) is 0 Å². The van der Waals surface area contributed by atoms with Crippen LogP contribution < -0.4 is 10.1 Å². The van der Waals surface area contributed by atoms with Gasteiger partial charge in [0.25, 0.3) is 5.91 Å². The van der Waals surface area contributed by atoms with Gasteiger partial charge in [0.1, 0.15) is 5.75 Å². The van der Waals surface area contributed by atoms with Crippen molar-refractivity contribution in [3.63, 3.8) is 0 Å². The van der Waals surface area contributed by atoms with Crippen molar-refractivity contribution >= 4 is 5.91 Å². The van der Waals surface area contributed by atoms with Crippen molar-refractivity contribution in [2.75, 3.05) is 6.61 Å². The van der Waals surface area contributed by atoms with E-state index in [1.807, 2.05) is 0 Å². The van der Waals surface area contributed by atoms with Gasteiger partial charge in [0.15, 0.2) is 6.61 Å². The van der Waals surface area contributed by atoms with E-state index >= 15 is 0 Å². The minimum atomic E-state index is -0.143. The van der Waals surface area contributed by atoms with Crippen LogP contribution in [-0.4, -0.2) is 17.6 Å². The van der Waals surface area contributed by atoms with Crippen LogP contribution in [0.5, 0.6) is 5.75 Å². The maximum atomic E-state index is 12.0. The fourth-order valence-corrected chi connectivity index (χ4v) is 3.79. The third kappa shape index (κ3) is 6.38. The summed E-state index contributed by atoms with van der Waals surface area (Å²) in [6.45, 7) is 0.496. The van der Waals surface area contributed by atoms with Crippen molar-refractivity contribution in [1.82, 2.24) is 5.32 Å². The third-order valence-corrected chi connectivity index (χ3v) is 5.52. The highest BCUT2D eigenvalue weighted by Crippen LogP contribution is 2.30. The first-order valence-electron chi connectivity index (χ1n) is 10.4. The molecule has 4 heteroatoms. The maximum Gasteiger partial charge on any atom is 0.258 e. The number of carbonyl (C=O) groups excluding carboxylic acids is 1. The normalized spacial score (nSPS) is 15.5. The SMILES string of the molecule is O=C(COc1ccc(CO)cc1)NCc1ccc(C2CCCCCCC2)cc1. The van der Waals surface area contributed by atoms with Crippen LogP contribution >= 0.6 is 0 Å². The molecule has 0 aliphatic heterocycles. The molecule has 4 nitrogen and oxygen atoms in total. The zero-order valence-electron chi connectivity index (χ0n) is 16.5. The second-order valence-corrected chi connectivity index (χ2v) is 7.65. The number of aliphatic hydroxyl groups excluding tert-OH is 1. The summed E-state index contributed by atoms with van der Waals surface area (Å²) in [4.78, 5) is 12.0. The molecule has 28 heavy (non-hydrogen) atoms. The average Bonchev–Trinajstić information content (AvgIpc) is 2.71. The van der Waals surface area contributed by atoms with E-state index in [4.69, 9.17) is 9.84 Å². The third-order valence-electron chi connectivity index (χ3n) is 5.52. The number of amides is 1. The first-order chi connectivity index (χ1) is 13.7. The summed E-state index contributed by atoms with van der Waals surface area (Å²) in [5.41, 5.74) is 3.36. The summed E-state index contributed by atoms with van der Waals surface area (Å²) < 4.78 is 5.48. The molecule has 0 atom stereocenters. The van der Waals surface area contributed by atoms with Gasteiger partial charge in [-0.25, -0.2) is 0 Å². The second-order valence-electron chi connectivity index (χ2n) is 7.65. The molecule has 0 unspecified atom stereocenters. The van der Waals surface area contributed by atoms with Crippen LogP contribution in [0.15, 0.2) is 48.5 Å². The van der Waals surface area contributed by atoms with E-state index in [1.165, 1.54) is 50.5 Å². The molecule has 0 heterocycles. The summed E-state index contributed by atoms with van der Waals surface area (Å²) >= 11 is 0. The summed E-state index contributed by atoms with van der Waals surface area (Å²) in [5.74, 6) is 1.17. The van der Waals surface area contributed by atoms with Gasteiger partial charge in [0, 0.05) is 6.54 Å². The van der Waals surface area contributed by atoms with Gasteiger partial charge in [-0.3, -0.25) is 4.79 Å². The Balaban J connectivity index is 1.42. The Kier molecular flexibility index (Phi) is 7.92. The molecule has 150 valence electrons. The Hall–Kier alpha value is -2.33. The van der Waals surface area contributed by atoms with E-state index in [1.54, 1.807) is 24.3 Å². The molecule has 0 spiro atoms. The van der Waals surface area contributed by atoms with Gasteiger partial charge < -0.3 is 15.2 Å². The molecule has 0 aromatic heterocycles. The lowest BCUT2D eigenvalue weighted by atomic mass is 9.86. The summed E-state index contributed by atoms with van der Waals surface area (Å²) in [6.07, 6.45) is 9.40. The predicted octanol–water partition coefficient (Wildman–Crippen LogP) is 4.70. The number of benzene rings is 2. The van der Waals surface area contributed by atoms with Crippen LogP contribution in [0.1, 0.15) is 67.6 Å². The Morgan fingerprint density at radius 3 is 2.14 bits per heavy atom. The van der Waals surface area contributed by atoms with Crippen LogP contribution in [0.3, 0.4) is 0 Å². The molecular formula is C24H31NO3. The van der Waals surface area contributed by atoms with Crippen molar-refractivity contribution in [3.8, 4) is 5.75 Å². The first kappa shape index (κ1) is 20.4. The molecule has 1 saturated carbocycles. The Morgan fingerprint density at radius 2 is 1.50 bits per heavy atom. The summed E-state index contributed by atoms with van der Waals surface area (Å²) in [5, 5.41) is 11.9. The number of carbonyl (C=O) groups is 1. The zero-order chi connectivity index (χ0) is 19.6. The van der Waals surface area contributed by atoms with Crippen LogP contribution in [0, 0.1) is 0 Å². The molecule has 2 aromatic rings. The standard InChI is InChI=1S/C24H31NO3/c26-17-20-10-14-23(15-11-20)28-18-24(27)25-16-19-8-12-22(13-9-19)21-6-4-2-1-3-5-7-21/h8-15,21,26H,1-7,16-18H2,(H,25,27). The number of ether oxygens (including phenoxy) is 1. The van der Waals surface area contributed by atoms with Crippen molar-refractivity contribution in [1.29, 1.82) is 0 Å². The lowest BCUT2D eigenvalue weighted by molar-refractivity contribution is -0.123. The first-order valence-corrected chi connectivity index (χ1v) is 10.4. The summed E-state index contributed by atoms with van der Waals surface area (Å²) in [7, 11) is 0. The maximum absolute atomic E-state index is 12.0. The van der Waals surface area contributed by atoms with Gasteiger partial charge in [-0.15, -0.1) is 0 Å². The molecule has 1 aliphatic carbocycles. The van der Waals surface area contributed by atoms with Gasteiger partial charge in [-0.1, -0.05) is 68.5 Å². The van der Waals surface area contributed by atoms with Gasteiger partial charge in [-0.2, -0.15) is 0 Å². The largest absolute Gasteiger partial charge is 0.484 e. The van der Waals surface area contributed by atoms with Crippen molar-refractivity contribution in [3.05, 3.63) is 65.2 Å². The smallest absolute Gasteiger partial charge is 0.258 e. The van der Waals surface area contributed by atoms with Crippen molar-refractivity contribution in [2.24, 2.45) is 0 Å². The lowest BCUT2D eigenvalue weighted by Crippen LogP contribution is -2.28. The number of rotatable bonds is 7. The zero-order valence-corrected chi connectivity index (χ0v) is 16.5. The predicted molar refractivity (Wildman–Crippen MR) is 111 cm³/mol. The quantitative estimate of drug-likeness (QED) is 0.731. The molecule has 0 radical (unpaired) electrons. The molecule has 1 fully saturated rings. The van der Waals surface area contributed by atoms with E-state index in [9.17, 15) is 4.79 Å².